The lowest BCUT2D eigenvalue weighted by Crippen LogP contribution is -2.36. The molecular formula is C18H22F3IN4O. The third-order valence-electron chi connectivity index (χ3n) is 3.54. The third kappa shape index (κ3) is 7.24. The van der Waals surface area contributed by atoms with Gasteiger partial charge in [-0.25, -0.2) is 4.98 Å². The molecule has 0 amide bonds. The highest BCUT2D eigenvalue weighted by Crippen LogP contribution is 2.29. The first-order chi connectivity index (χ1) is 12.4. The highest BCUT2D eigenvalue weighted by molar-refractivity contribution is 14.0. The lowest BCUT2D eigenvalue weighted by molar-refractivity contribution is -0.137. The average molecular weight is 494 g/mol. The SMILES string of the molecule is CCOc1ncccc1CNC(=NC)NCc1ccc(C(F)(F)F)cc1.I. The lowest BCUT2D eigenvalue weighted by atomic mass is 10.1. The second-order valence-corrected chi connectivity index (χ2v) is 5.37. The summed E-state index contributed by atoms with van der Waals surface area (Å²) >= 11 is 0. The zero-order valence-electron chi connectivity index (χ0n) is 15.0. The molecule has 0 atom stereocenters. The smallest absolute Gasteiger partial charge is 0.416 e. The van der Waals surface area contributed by atoms with Crippen LogP contribution in [0.25, 0.3) is 0 Å². The molecule has 1 aromatic carbocycles. The van der Waals surface area contributed by atoms with E-state index in [9.17, 15) is 13.2 Å². The van der Waals surface area contributed by atoms with E-state index in [1.807, 2.05) is 19.1 Å². The summed E-state index contributed by atoms with van der Waals surface area (Å²) in [7, 11) is 1.62. The van der Waals surface area contributed by atoms with Crippen molar-refractivity contribution in [1.82, 2.24) is 15.6 Å². The zero-order valence-corrected chi connectivity index (χ0v) is 17.3. The van der Waals surface area contributed by atoms with Crippen molar-refractivity contribution in [2.75, 3.05) is 13.7 Å². The van der Waals surface area contributed by atoms with Gasteiger partial charge in [0.15, 0.2) is 5.96 Å². The van der Waals surface area contributed by atoms with E-state index in [0.29, 0.717) is 31.5 Å². The maximum absolute atomic E-state index is 12.6. The molecule has 1 aromatic heterocycles. The van der Waals surface area contributed by atoms with Gasteiger partial charge >= 0.3 is 6.18 Å². The molecule has 0 unspecified atom stereocenters. The Morgan fingerprint density at radius 1 is 1.11 bits per heavy atom. The minimum Gasteiger partial charge on any atom is -0.478 e. The minimum atomic E-state index is -4.33. The Morgan fingerprint density at radius 2 is 1.78 bits per heavy atom. The Bertz CT molecular complexity index is 736. The van der Waals surface area contributed by atoms with E-state index >= 15 is 0 Å². The monoisotopic (exact) mass is 494 g/mol. The Morgan fingerprint density at radius 3 is 2.37 bits per heavy atom. The van der Waals surface area contributed by atoms with Crippen LogP contribution in [-0.4, -0.2) is 24.6 Å². The van der Waals surface area contributed by atoms with Crippen molar-refractivity contribution in [3.05, 3.63) is 59.3 Å². The Kier molecular flexibility index (Phi) is 9.33. The number of alkyl halides is 3. The predicted octanol–water partition coefficient (Wildman–Crippen LogP) is 3.98. The molecule has 9 heteroatoms. The van der Waals surface area contributed by atoms with Crippen LogP contribution in [0, 0.1) is 0 Å². The van der Waals surface area contributed by atoms with Crippen molar-refractivity contribution in [1.29, 1.82) is 0 Å². The van der Waals surface area contributed by atoms with Crippen molar-refractivity contribution in [3.63, 3.8) is 0 Å². The molecule has 0 aliphatic rings. The molecule has 0 aliphatic carbocycles. The summed E-state index contributed by atoms with van der Waals surface area (Å²) in [6.45, 7) is 3.21. The largest absolute Gasteiger partial charge is 0.478 e. The van der Waals surface area contributed by atoms with Gasteiger partial charge < -0.3 is 15.4 Å². The van der Waals surface area contributed by atoms with E-state index in [1.54, 1.807) is 13.2 Å². The van der Waals surface area contributed by atoms with Crippen LogP contribution in [0.5, 0.6) is 5.88 Å². The highest BCUT2D eigenvalue weighted by atomic mass is 127. The van der Waals surface area contributed by atoms with Crippen LogP contribution in [0.2, 0.25) is 0 Å². The number of nitrogens with zero attached hydrogens (tertiary/aromatic N) is 2. The normalized spacial score (nSPS) is 11.5. The molecule has 0 saturated heterocycles. The number of aliphatic imine (C=N–C) groups is 1. The summed E-state index contributed by atoms with van der Waals surface area (Å²) in [6.07, 6.45) is -2.67. The van der Waals surface area contributed by atoms with Gasteiger partial charge in [0.2, 0.25) is 5.88 Å². The molecular weight excluding hydrogens is 472 g/mol. The second kappa shape index (κ2) is 11.0. The predicted molar refractivity (Wildman–Crippen MR) is 109 cm³/mol. The molecule has 0 aliphatic heterocycles. The fraction of sp³-hybridized carbons (Fsp3) is 0.333. The van der Waals surface area contributed by atoms with Crippen LogP contribution in [0.1, 0.15) is 23.6 Å². The van der Waals surface area contributed by atoms with Crippen molar-refractivity contribution in [2.45, 2.75) is 26.2 Å². The standard InChI is InChI=1S/C18H21F3N4O.HI/c1-3-26-16-14(5-4-10-23-16)12-25-17(22-2)24-11-13-6-8-15(9-7-13)18(19,20)21;/h4-10H,3,11-12H2,1-2H3,(H2,22,24,25);1H. The topological polar surface area (TPSA) is 58.5 Å². The van der Waals surface area contributed by atoms with E-state index in [4.69, 9.17) is 4.74 Å². The summed E-state index contributed by atoms with van der Waals surface area (Å²) < 4.78 is 43.2. The van der Waals surface area contributed by atoms with Gasteiger partial charge in [-0.3, -0.25) is 4.99 Å². The van der Waals surface area contributed by atoms with Crippen LogP contribution in [0.15, 0.2) is 47.6 Å². The number of guanidine groups is 1. The number of nitrogens with one attached hydrogen (secondary N) is 2. The number of rotatable bonds is 6. The molecule has 0 fully saturated rings. The first-order valence-electron chi connectivity index (χ1n) is 8.11. The number of hydrogen-bond acceptors (Lipinski definition) is 3. The van der Waals surface area contributed by atoms with Gasteiger partial charge in [-0.15, -0.1) is 24.0 Å². The van der Waals surface area contributed by atoms with Gasteiger partial charge in [0.1, 0.15) is 0 Å². The quantitative estimate of drug-likeness (QED) is 0.363. The van der Waals surface area contributed by atoms with E-state index in [-0.39, 0.29) is 24.0 Å². The van der Waals surface area contributed by atoms with Gasteiger partial charge in [-0.1, -0.05) is 18.2 Å². The molecule has 0 saturated carbocycles. The molecule has 0 spiro atoms. The van der Waals surface area contributed by atoms with Crippen molar-refractivity contribution in [3.8, 4) is 5.88 Å². The Labute approximate surface area is 173 Å². The van der Waals surface area contributed by atoms with Crippen LogP contribution >= 0.6 is 24.0 Å². The zero-order chi connectivity index (χ0) is 19.0. The molecule has 148 valence electrons. The Balaban J connectivity index is 0.00000364. The molecule has 2 rings (SSSR count). The van der Waals surface area contributed by atoms with Crippen LogP contribution < -0.4 is 15.4 Å². The lowest BCUT2D eigenvalue weighted by Gasteiger charge is -2.14. The van der Waals surface area contributed by atoms with Gasteiger partial charge in [0.25, 0.3) is 0 Å². The number of aromatic nitrogens is 1. The minimum absolute atomic E-state index is 0. The van der Waals surface area contributed by atoms with Gasteiger partial charge in [0, 0.05) is 31.9 Å². The maximum Gasteiger partial charge on any atom is 0.416 e. The summed E-state index contributed by atoms with van der Waals surface area (Å²) in [4.78, 5) is 8.28. The molecule has 27 heavy (non-hydrogen) atoms. The average Bonchev–Trinajstić information content (AvgIpc) is 2.63. The molecule has 5 nitrogen and oxygen atoms in total. The summed E-state index contributed by atoms with van der Waals surface area (Å²) in [5.41, 5.74) is 0.938. The third-order valence-corrected chi connectivity index (χ3v) is 3.54. The first-order valence-corrected chi connectivity index (χ1v) is 8.11. The van der Waals surface area contributed by atoms with Crippen molar-refractivity contribution in [2.24, 2.45) is 4.99 Å². The van der Waals surface area contributed by atoms with E-state index in [1.165, 1.54) is 12.1 Å². The second-order valence-electron chi connectivity index (χ2n) is 5.37. The highest BCUT2D eigenvalue weighted by Gasteiger charge is 2.29. The van der Waals surface area contributed by atoms with Crippen molar-refractivity contribution >= 4 is 29.9 Å². The van der Waals surface area contributed by atoms with Gasteiger partial charge in [-0.2, -0.15) is 13.2 Å². The molecule has 1 heterocycles. The number of hydrogen-bond donors (Lipinski definition) is 2. The number of benzene rings is 1. The van der Waals surface area contributed by atoms with Crippen LogP contribution in [0.3, 0.4) is 0 Å². The van der Waals surface area contributed by atoms with E-state index < -0.39 is 11.7 Å². The molecule has 0 bridgehead atoms. The first kappa shape index (κ1) is 23.0. The summed E-state index contributed by atoms with van der Waals surface area (Å²) in [5.74, 6) is 1.08. The summed E-state index contributed by atoms with van der Waals surface area (Å²) in [6, 6.07) is 8.73. The van der Waals surface area contributed by atoms with Gasteiger partial charge in [0.05, 0.1) is 12.2 Å². The molecule has 2 aromatic rings. The number of pyridine rings is 1. The molecule has 2 N–H and O–H groups in total. The maximum atomic E-state index is 12.6. The van der Waals surface area contributed by atoms with Crippen LogP contribution in [0.4, 0.5) is 13.2 Å². The number of halogens is 4. The van der Waals surface area contributed by atoms with E-state index in [2.05, 4.69) is 20.6 Å². The van der Waals surface area contributed by atoms with E-state index in [0.717, 1.165) is 23.3 Å². The van der Waals surface area contributed by atoms with Crippen molar-refractivity contribution < 1.29 is 17.9 Å². The summed E-state index contributed by atoms with van der Waals surface area (Å²) in [5, 5.41) is 6.19. The van der Waals surface area contributed by atoms with Gasteiger partial charge in [-0.05, 0) is 30.7 Å². The molecule has 0 radical (unpaired) electrons. The Hall–Kier alpha value is -2.04. The number of ether oxygens (including phenoxy) is 1. The fourth-order valence-corrected chi connectivity index (χ4v) is 2.22. The van der Waals surface area contributed by atoms with Crippen LogP contribution in [-0.2, 0) is 19.3 Å². The fourth-order valence-electron chi connectivity index (χ4n) is 2.22.